The molecule has 1 aromatic rings. The summed E-state index contributed by atoms with van der Waals surface area (Å²) >= 11 is 6.07. The van der Waals surface area contributed by atoms with E-state index < -0.39 is 0 Å². The third kappa shape index (κ3) is 2.81. The molecule has 3 rings (SSSR count). The van der Waals surface area contributed by atoms with Gasteiger partial charge < -0.3 is 10.2 Å². The van der Waals surface area contributed by atoms with E-state index in [2.05, 4.69) is 5.32 Å². The second-order valence-electron chi connectivity index (χ2n) is 5.55. The fourth-order valence-electron chi connectivity index (χ4n) is 2.72. The molecule has 1 aromatic carbocycles. The van der Waals surface area contributed by atoms with E-state index in [1.165, 1.54) is 6.07 Å². The van der Waals surface area contributed by atoms with Gasteiger partial charge in [0.15, 0.2) is 0 Å². The van der Waals surface area contributed by atoms with Gasteiger partial charge in [-0.3, -0.25) is 4.79 Å². The van der Waals surface area contributed by atoms with E-state index in [-0.39, 0.29) is 30.4 Å². The number of carbonyl (C=O) groups excluding carboxylic acids is 1. The molecule has 0 bridgehead atoms. The number of halogens is 2. The van der Waals surface area contributed by atoms with Crippen LogP contribution in [0.2, 0.25) is 5.02 Å². The molecule has 2 aliphatic rings. The minimum atomic E-state index is -0.338. The Bertz CT molecular complexity index is 492. The third-order valence-corrected chi connectivity index (χ3v) is 4.37. The largest absolute Gasteiger partial charge is 0.334 e. The summed E-state index contributed by atoms with van der Waals surface area (Å²) in [6, 6.07) is 4.79. The maximum absolute atomic E-state index is 13.9. The van der Waals surface area contributed by atoms with Crippen molar-refractivity contribution in [1.29, 1.82) is 0 Å². The highest BCUT2D eigenvalue weighted by molar-refractivity contribution is 6.31. The van der Waals surface area contributed by atoms with Crippen LogP contribution in [-0.4, -0.2) is 29.4 Å². The molecule has 1 aliphatic carbocycles. The second kappa shape index (κ2) is 5.70. The van der Waals surface area contributed by atoms with Crippen molar-refractivity contribution in [3.05, 3.63) is 34.6 Å². The average Bonchev–Trinajstić information content (AvgIpc) is 3.11. The monoisotopic (exact) mass is 296 g/mol. The van der Waals surface area contributed by atoms with Gasteiger partial charge in [-0.15, -0.1) is 0 Å². The van der Waals surface area contributed by atoms with E-state index in [1.807, 2.05) is 0 Å². The SMILES string of the molecule is O=C(C1CCCN1)N(Cc1c(F)cccc1Cl)C1CC1. The molecular weight excluding hydrogens is 279 g/mol. The first-order valence-corrected chi connectivity index (χ1v) is 7.51. The van der Waals surface area contributed by atoms with Crippen molar-refractivity contribution in [3.63, 3.8) is 0 Å². The number of hydrogen-bond donors (Lipinski definition) is 1. The summed E-state index contributed by atoms with van der Waals surface area (Å²) in [7, 11) is 0. The van der Waals surface area contributed by atoms with Crippen LogP contribution in [0, 0.1) is 5.82 Å². The topological polar surface area (TPSA) is 32.3 Å². The van der Waals surface area contributed by atoms with E-state index in [1.54, 1.807) is 17.0 Å². The molecule has 1 saturated carbocycles. The van der Waals surface area contributed by atoms with E-state index in [0.29, 0.717) is 10.6 Å². The normalized spacial score (nSPS) is 22.0. The number of amides is 1. The Morgan fingerprint density at radius 2 is 2.20 bits per heavy atom. The van der Waals surface area contributed by atoms with Crippen LogP contribution < -0.4 is 5.32 Å². The highest BCUT2D eigenvalue weighted by Gasteiger charge is 2.37. The molecule has 3 nitrogen and oxygen atoms in total. The predicted molar refractivity (Wildman–Crippen MR) is 76.0 cm³/mol. The summed E-state index contributed by atoms with van der Waals surface area (Å²) in [6.45, 7) is 1.16. The lowest BCUT2D eigenvalue weighted by atomic mass is 10.1. The van der Waals surface area contributed by atoms with Crippen LogP contribution in [0.1, 0.15) is 31.2 Å². The van der Waals surface area contributed by atoms with Crippen molar-refractivity contribution in [3.8, 4) is 0 Å². The van der Waals surface area contributed by atoms with Gasteiger partial charge >= 0.3 is 0 Å². The summed E-state index contributed by atoms with van der Waals surface area (Å²) in [5, 5.41) is 3.61. The highest BCUT2D eigenvalue weighted by Crippen LogP contribution is 2.31. The van der Waals surface area contributed by atoms with Crippen molar-refractivity contribution in [2.75, 3.05) is 6.54 Å². The Morgan fingerprint density at radius 3 is 2.80 bits per heavy atom. The van der Waals surface area contributed by atoms with Crippen LogP contribution in [0.3, 0.4) is 0 Å². The molecular formula is C15H18ClFN2O. The third-order valence-electron chi connectivity index (χ3n) is 4.02. The molecule has 0 aromatic heterocycles. The molecule has 1 unspecified atom stereocenters. The van der Waals surface area contributed by atoms with Gasteiger partial charge in [-0.25, -0.2) is 4.39 Å². The smallest absolute Gasteiger partial charge is 0.240 e. The van der Waals surface area contributed by atoms with Crippen LogP contribution >= 0.6 is 11.6 Å². The van der Waals surface area contributed by atoms with Crippen molar-refractivity contribution >= 4 is 17.5 Å². The van der Waals surface area contributed by atoms with E-state index in [0.717, 1.165) is 32.2 Å². The van der Waals surface area contributed by atoms with E-state index >= 15 is 0 Å². The lowest BCUT2D eigenvalue weighted by Gasteiger charge is -2.26. The Kier molecular flexibility index (Phi) is 3.94. The van der Waals surface area contributed by atoms with Gasteiger partial charge in [-0.05, 0) is 44.4 Å². The zero-order valence-corrected chi connectivity index (χ0v) is 12.0. The average molecular weight is 297 g/mol. The van der Waals surface area contributed by atoms with E-state index in [9.17, 15) is 9.18 Å². The minimum Gasteiger partial charge on any atom is -0.334 e. The molecule has 1 heterocycles. The first-order chi connectivity index (χ1) is 9.66. The fraction of sp³-hybridized carbons (Fsp3) is 0.533. The lowest BCUT2D eigenvalue weighted by molar-refractivity contribution is -0.134. The Labute approximate surface area is 123 Å². The predicted octanol–water partition coefficient (Wildman–Crippen LogP) is 2.72. The van der Waals surface area contributed by atoms with Crippen LogP contribution in [0.4, 0.5) is 4.39 Å². The van der Waals surface area contributed by atoms with Gasteiger partial charge in [0.1, 0.15) is 5.82 Å². The number of rotatable bonds is 4. The Hall–Kier alpha value is -1.13. The van der Waals surface area contributed by atoms with Gasteiger partial charge in [0.05, 0.1) is 12.6 Å². The molecule has 2 fully saturated rings. The molecule has 5 heteroatoms. The van der Waals surface area contributed by atoms with Crippen LogP contribution in [0.25, 0.3) is 0 Å². The van der Waals surface area contributed by atoms with Gasteiger partial charge in [-0.1, -0.05) is 17.7 Å². The number of nitrogens with zero attached hydrogens (tertiary/aromatic N) is 1. The van der Waals surface area contributed by atoms with Crippen molar-refractivity contribution in [1.82, 2.24) is 10.2 Å². The van der Waals surface area contributed by atoms with Crippen molar-refractivity contribution in [2.45, 2.75) is 44.3 Å². The summed E-state index contributed by atoms with van der Waals surface area (Å²) < 4.78 is 13.9. The van der Waals surface area contributed by atoms with Gasteiger partial charge in [0, 0.05) is 16.6 Å². The standard InChI is InChI=1S/C15H18ClFN2O/c16-12-3-1-4-13(17)11(12)9-19(10-6-7-10)15(20)14-5-2-8-18-14/h1,3-4,10,14,18H,2,5-9H2. The summed E-state index contributed by atoms with van der Waals surface area (Å²) in [5.41, 5.74) is 0.424. The Balaban J connectivity index is 1.79. The maximum atomic E-state index is 13.9. The van der Waals surface area contributed by atoms with Crippen molar-refractivity contribution < 1.29 is 9.18 Å². The minimum absolute atomic E-state index is 0.0873. The maximum Gasteiger partial charge on any atom is 0.240 e. The van der Waals surface area contributed by atoms with Gasteiger partial charge in [0.25, 0.3) is 0 Å². The Morgan fingerprint density at radius 1 is 1.40 bits per heavy atom. The zero-order chi connectivity index (χ0) is 14.1. The number of nitrogens with one attached hydrogen (secondary N) is 1. The molecule has 1 aliphatic heterocycles. The first-order valence-electron chi connectivity index (χ1n) is 7.13. The molecule has 1 N–H and O–H groups in total. The van der Waals surface area contributed by atoms with E-state index in [4.69, 9.17) is 11.6 Å². The molecule has 1 amide bonds. The van der Waals surface area contributed by atoms with Crippen molar-refractivity contribution in [2.24, 2.45) is 0 Å². The zero-order valence-electron chi connectivity index (χ0n) is 11.2. The molecule has 108 valence electrons. The van der Waals surface area contributed by atoms with Crippen LogP contribution in [-0.2, 0) is 11.3 Å². The molecule has 1 saturated heterocycles. The summed E-state index contributed by atoms with van der Waals surface area (Å²) in [4.78, 5) is 14.4. The van der Waals surface area contributed by atoms with Gasteiger partial charge in [-0.2, -0.15) is 0 Å². The lowest BCUT2D eigenvalue weighted by Crippen LogP contribution is -2.44. The quantitative estimate of drug-likeness (QED) is 0.926. The van der Waals surface area contributed by atoms with Gasteiger partial charge in [0.2, 0.25) is 5.91 Å². The number of hydrogen-bond acceptors (Lipinski definition) is 2. The first kappa shape index (κ1) is 13.8. The molecule has 0 spiro atoms. The molecule has 0 radical (unpaired) electrons. The fourth-order valence-corrected chi connectivity index (χ4v) is 2.95. The second-order valence-corrected chi connectivity index (χ2v) is 5.95. The number of benzene rings is 1. The van der Waals surface area contributed by atoms with Crippen LogP contribution in [0.15, 0.2) is 18.2 Å². The summed E-state index contributed by atoms with van der Waals surface area (Å²) in [5.74, 6) is -0.250. The number of carbonyl (C=O) groups is 1. The molecule has 20 heavy (non-hydrogen) atoms. The summed E-state index contributed by atoms with van der Waals surface area (Å²) in [6.07, 6.45) is 3.90. The van der Waals surface area contributed by atoms with Crippen LogP contribution in [0.5, 0.6) is 0 Å². The highest BCUT2D eigenvalue weighted by atomic mass is 35.5. The molecule has 1 atom stereocenters.